The van der Waals surface area contributed by atoms with Crippen molar-refractivity contribution in [3.63, 3.8) is 0 Å². The molecule has 0 saturated carbocycles. The summed E-state index contributed by atoms with van der Waals surface area (Å²) >= 11 is 3.44. The predicted octanol–water partition coefficient (Wildman–Crippen LogP) is 3.58. The number of rotatable bonds is 4. The minimum atomic E-state index is -0.243. The van der Waals surface area contributed by atoms with Crippen molar-refractivity contribution in [3.8, 4) is 0 Å². The maximum atomic E-state index is 13.3. The fraction of sp³-hybridized carbons (Fsp3) is 0.562. The molecule has 0 aromatic heterocycles. The summed E-state index contributed by atoms with van der Waals surface area (Å²) in [5, 5.41) is 6.71. The number of benzene rings is 1. The van der Waals surface area contributed by atoms with Gasteiger partial charge in [-0.05, 0) is 49.9 Å². The third-order valence-corrected chi connectivity index (χ3v) is 4.96. The lowest BCUT2D eigenvalue weighted by atomic mass is 9.96. The molecule has 4 nitrogen and oxygen atoms in total. The van der Waals surface area contributed by atoms with Gasteiger partial charge in [-0.3, -0.25) is 0 Å². The van der Waals surface area contributed by atoms with E-state index >= 15 is 0 Å². The third-order valence-electron chi connectivity index (χ3n) is 4.19. The molecule has 2 aliphatic rings. The van der Waals surface area contributed by atoms with Gasteiger partial charge in [-0.1, -0.05) is 15.9 Å². The first-order valence-electron chi connectivity index (χ1n) is 7.80. The Labute approximate surface area is 161 Å². The van der Waals surface area contributed by atoms with Gasteiger partial charge in [0.15, 0.2) is 5.96 Å². The molecular formula is C16H22BrFIN3O. The second kappa shape index (κ2) is 8.62. The van der Waals surface area contributed by atoms with E-state index in [1.165, 1.54) is 18.6 Å². The van der Waals surface area contributed by atoms with Gasteiger partial charge in [-0.15, -0.1) is 24.0 Å². The Balaban J connectivity index is 0.00000192. The summed E-state index contributed by atoms with van der Waals surface area (Å²) in [7, 11) is 0. The van der Waals surface area contributed by atoms with E-state index in [0.717, 1.165) is 35.4 Å². The Hall–Kier alpha value is -0.410. The first-order valence-corrected chi connectivity index (χ1v) is 8.59. The Bertz CT molecular complexity index is 572. The zero-order valence-corrected chi connectivity index (χ0v) is 16.9. The zero-order valence-electron chi connectivity index (χ0n) is 13.0. The van der Waals surface area contributed by atoms with E-state index in [9.17, 15) is 4.39 Å². The van der Waals surface area contributed by atoms with Crippen molar-refractivity contribution in [3.05, 3.63) is 34.1 Å². The highest BCUT2D eigenvalue weighted by Gasteiger charge is 2.41. The van der Waals surface area contributed by atoms with Crippen LogP contribution >= 0.6 is 39.9 Å². The maximum absolute atomic E-state index is 13.3. The molecule has 0 amide bonds. The molecule has 3 atom stereocenters. The van der Waals surface area contributed by atoms with Crippen LogP contribution in [0, 0.1) is 5.82 Å². The summed E-state index contributed by atoms with van der Waals surface area (Å²) in [6.07, 6.45) is 4.04. The molecule has 0 aliphatic carbocycles. The molecule has 2 heterocycles. The van der Waals surface area contributed by atoms with Crippen LogP contribution < -0.4 is 10.6 Å². The molecule has 0 radical (unpaired) electrons. The quantitative estimate of drug-likeness (QED) is 0.379. The summed E-state index contributed by atoms with van der Waals surface area (Å²) in [5.41, 5.74) is 0.835. The molecule has 3 rings (SSSR count). The van der Waals surface area contributed by atoms with Gasteiger partial charge in [0.25, 0.3) is 0 Å². The maximum Gasteiger partial charge on any atom is 0.191 e. The van der Waals surface area contributed by atoms with E-state index in [4.69, 9.17) is 4.74 Å². The molecule has 128 valence electrons. The van der Waals surface area contributed by atoms with Crippen LogP contribution in [0.15, 0.2) is 27.7 Å². The van der Waals surface area contributed by atoms with Gasteiger partial charge >= 0.3 is 0 Å². The lowest BCUT2D eigenvalue weighted by Gasteiger charge is -2.22. The number of nitrogens with one attached hydrogen (secondary N) is 2. The highest BCUT2D eigenvalue weighted by Crippen LogP contribution is 2.34. The monoisotopic (exact) mass is 497 g/mol. The molecule has 23 heavy (non-hydrogen) atoms. The molecule has 7 heteroatoms. The molecule has 0 spiro atoms. The van der Waals surface area contributed by atoms with Crippen LogP contribution in [0.1, 0.15) is 31.7 Å². The molecule has 2 saturated heterocycles. The first kappa shape index (κ1) is 18.9. The number of halogens is 3. The van der Waals surface area contributed by atoms with Crippen LogP contribution in [-0.2, 0) is 11.3 Å². The van der Waals surface area contributed by atoms with Crippen molar-refractivity contribution in [2.24, 2.45) is 4.99 Å². The van der Waals surface area contributed by atoms with Crippen molar-refractivity contribution in [2.45, 2.75) is 51.0 Å². The van der Waals surface area contributed by atoms with Gasteiger partial charge in [0.05, 0.1) is 24.8 Å². The summed E-state index contributed by atoms with van der Waals surface area (Å²) in [6, 6.07) is 4.99. The lowest BCUT2D eigenvalue weighted by molar-refractivity contribution is 0.0992. The van der Waals surface area contributed by atoms with Gasteiger partial charge < -0.3 is 15.4 Å². The molecule has 3 unspecified atom stereocenters. The predicted molar refractivity (Wildman–Crippen MR) is 104 cm³/mol. The SMILES string of the molecule is CCNC(=NCc1cc(F)ccc1Br)NC1CC2CCC1O2.I. The number of hydrogen-bond donors (Lipinski definition) is 2. The minimum Gasteiger partial charge on any atom is -0.373 e. The number of guanidine groups is 1. The Morgan fingerprint density at radius 3 is 2.91 bits per heavy atom. The summed E-state index contributed by atoms with van der Waals surface area (Å²) in [4.78, 5) is 4.57. The Kier molecular flexibility index (Phi) is 7.09. The Morgan fingerprint density at radius 2 is 2.26 bits per heavy atom. The van der Waals surface area contributed by atoms with Gasteiger partial charge in [0.2, 0.25) is 0 Å². The van der Waals surface area contributed by atoms with Crippen LogP contribution in [-0.4, -0.2) is 30.8 Å². The van der Waals surface area contributed by atoms with E-state index in [1.54, 1.807) is 6.07 Å². The minimum absolute atomic E-state index is 0. The van der Waals surface area contributed by atoms with E-state index in [0.29, 0.717) is 24.8 Å². The second-order valence-electron chi connectivity index (χ2n) is 5.79. The summed E-state index contributed by atoms with van der Waals surface area (Å²) < 4.78 is 20.1. The number of fused-ring (bicyclic) bond motifs is 2. The van der Waals surface area contributed by atoms with Crippen LogP contribution in [0.25, 0.3) is 0 Å². The van der Waals surface area contributed by atoms with Gasteiger partial charge in [0, 0.05) is 11.0 Å². The van der Waals surface area contributed by atoms with Crippen molar-refractivity contribution >= 4 is 45.9 Å². The second-order valence-corrected chi connectivity index (χ2v) is 6.65. The molecule has 2 fully saturated rings. The van der Waals surface area contributed by atoms with Crippen LogP contribution in [0.5, 0.6) is 0 Å². The van der Waals surface area contributed by atoms with Crippen LogP contribution in [0.4, 0.5) is 4.39 Å². The van der Waals surface area contributed by atoms with Crippen LogP contribution in [0.3, 0.4) is 0 Å². The van der Waals surface area contributed by atoms with Crippen LogP contribution in [0.2, 0.25) is 0 Å². The molecular weight excluding hydrogens is 476 g/mol. The van der Waals surface area contributed by atoms with Crippen molar-refractivity contribution in [2.75, 3.05) is 6.54 Å². The number of aliphatic imine (C=N–C) groups is 1. The van der Waals surface area contributed by atoms with Crippen molar-refractivity contribution < 1.29 is 9.13 Å². The molecule has 2 aliphatic heterocycles. The molecule has 2 bridgehead atoms. The van der Waals surface area contributed by atoms with E-state index < -0.39 is 0 Å². The van der Waals surface area contributed by atoms with E-state index in [1.807, 2.05) is 6.92 Å². The topological polar surface area (TPSA) is 45.7 Å². The fourth-order valence-corrected chi connectivity index (χ4v) is 3.49. The lowest BCUT2D eigenvalue weighted by Crippen LogP contribution is -2.47. The average Bonchev–Trinajstić information content (AvgIpc) is 3.11. The number of nitrogens with zero attached hydrogens (tertiary/aromatic N) is 1. The van der Waals surface area contributed by atoms with E-state index in [-0.39, 0.29) is 29.8 Å². The highest BCUT2D eigenvalue weighted by atomic mass is 127. The normalized spacial score (nSPS) is 26.0. The van der Waals surface area contributed by atoms with Crippen molar-refractivity contribution in [1.29, 1.82) is 0 Å². The number of hydrogen-bond acceptors (Lipinski definition) is 2. The average molecular weight is 498 g/mol. The third kappa shape index (κ3) is 4.79. The first-order chi connectivity index (χ1) is 10.7. The largest absolute Gasteiger partial charge is 0.373 e. The molecule has 1 aromatic rings. The Morgan fingerprint density at radius 1 is 1.43 bits per heavy atom. The fourth-order valence-electron chi connectivity index (χ4n) is 3.11. The number of ether oxygens (including phenoxy) is 1. The molecule has 2 N–H and O–H groups in total. The molecule has 1 aromatic carbocycles. The van der Waals surface area contributed by atoms with Gasteiger partial charge in [-0.25, -0.2) is 9.38 Å². The van der Waals surface area contributed by atoms with Gasteiger partial charge in [-0.2, -0.15) is 0 Å². The zero-order chi connectivity index (χ0) is 15.5. The smallest absolute Gasteiger partial charge is 0.191 e. The summed E-state index contributed by atoms with van der Waals surface area (Å²) in [6.45, 7) is 3.25. The van der Waals surface area contributed by atoms with Gasteiger partial charge in [0.1, 0.15) is 5.82 Å². The highest BCUT2D eigenvalue weighted by molar-refractivity contribution is 14.0. The standard InChI is InChI=1S/C16H21BrFN3O.HI/c1-2-19-16(21-14-8-12-4-6-15(14)22-12)20-9-10-7-11(18)3-5-13(10)17;/h3,5,7,12,14-15H,2,4,6,8-9H2,1H3,(H2,19,20,21);1H. The summed E-state index contributed by atoms with van der Waals surface area (Å²) in [5.74, 6) is 0.521. The van der Waals surface area contributed by atoms with E-state index in [2.05, 4.69) is 31.6 Å². The van der Waals surface area contributed by atoms with Crippen molar-refractivity contribution in [1.82, 2.24) is 10.6 Å².